The van der Waals surface area contributed by atoms with E-state index in [-0.39, 0.29) is 28.8 Å². The summed E-state index contributed by atoms with van der Waals surface area (Å²) in [7, 11) is -2.08. The lowest BCUT2D eigenvalue weighted by atomic mass is 10.1. The Kier molecular flexibility index (Phi) is 6.04. The van der Waals surface area contributed by atoms with Crippen molar-refractivity contribution in [3.05, 3.63) is 59.7 Å². The molecule has 8 heteroatoms. The van der Waals surface area contributed by atoms with Gasteiger partial charge in [0.15, 0.2) is 0 Å². The second-order valence-corrected chi connectivity index (χ2v) is 9.42. The molecule has 0 atom stereocenters. The molecule has 1 aliphatic carbocycles. The molecule has 0 saturated heterocycles. The summed E-state index contributed by atoms with van der Waals surface area (Å²) in [5.41, 5.74) is 1.30. The predicted octanol–water partition coefficient (Wildman–Crippen LogP) is 2.86. The van der Waals surface area contributed by atoms with Crippen molar-refractivity contribution >= 4 is 27.5 Å². The molecule has 0 spiro atoms. The van der Waals surface area contributed by atoms with Gasteiger partial charge < -0.3 is 10.6 Å². The molecule has 2 aromatic carbocycles. The summed E-state index contributed by atoms with van der Waals surface area (Å²) in [5, 5.41) is 5.65. The molecule has 1 saturated carbocycles. The van der Waals surface area contributed by atoms with Gasteiger partial charge in [0, 0.05) is 35.9 Å². The topological polar surface area (TPSA) is 95.6 Å². The first kappa shape index (κ1) is 21.0. The fraction of sp³-hybridized carbons (Fsp3) is 0.333. The molecule has 3 rings (SSSR count). The van der Waals surface area contributed by atoms with Crippen molar-refractivity contribution < 1.29 is 18.0 Å². The number of nitrogens with one attached hydrogen (secondary N) is 2. The highest BCUT2D eigenvalue weighted by molar-refractivity contribution is 7.89. The second-order valence-electron chi connectivity index (χ2n) is 7.42. The van der Waals surface area contributed by atoms with E-state index >= 15 is 0 Å². The van der Waals surface area contributed by atoms with E-state index in [1.807, 2.05) is 0 Å². The van der Waals surface area contributed by atoms with E-state index in [1.54, 1.807) is 38.1 Å². The van der Waals surface area contributed by atoms with Crippen molar-refractivity contribution in [2.24, 2.45) is 0 Å². The first-order valence-corrected chi connectivity index (χ1v) is 10.9. The number of benzene rings is 2. The van der Waals surface area contributed by atoms with Crippen LogP contribution >= 0.6 is 0 Å². The quantitative estimate of drug-likeness (QED) is 0.727. The molecule has 0 aromatic heterocycles. The Balaban J connectivity index is 1.70. The third-order valence-electron chi connectivity index (χ3n) is 4.82. The molecule has 2 aromatic rings. The number of sulfonamides is 1. The largest absolute Gasteiger partial charge is 0.349 e. The Morgan fingerprint density at radius 3 is 2.24 bits per heavy atom. The van der Waals surface area contributed by atoms with Crippen molar-refractivity contribution in [1.82, 2.24) is 9.62 Å². The molecule has 2 amide bonds. The maximum Gasteiger partial charge on any atom is 0.255 e. The minimum Gasteiger partial charge on any atom is -0.349 e. The maximum absolute atomic E-state index is 12.5. The van der Waals surface area contributed by atoms with Crippen LogP contribution in [0.15, 0.2) is 53.4 Å². The minimum atomic E-state index is -3.60. The number of rotatable bonds is 7. The van der Waals surface area contributed by atoms with E-state index in [0.717, 1.165) is 12.8 Å². The van der Waals surface area contributed by atoms with Crippen LogP contribution in [0.3, 0.4) is 0 Å². The molecule has 0 unspecified atom stereocenters. The summed E-state index contributed by atoms with van der Waals surface area (Å²) in [5.74, 6) is -0.543. The number of hydrogen-bond donors (Lipinski definition) is 2. The first-order chi connectivity index (χ1) is 13.7. The zero-order valence-corrected chi connectivity index (χ0v) is 17.5. The Bertz CT molecular complexity index is 1010. The average molecular weight is 416 g/mol. The number of carbonyl (C=O) groups excluding carboxylic acids is 2. The molecule has 2 N–H and O–H groups in total. The van der Waals surface area contributed by atoms with E-state index in [1.165, 1.54) is 35.6 Å². The second kappa shape index (κ2) is 8.34. The van der Waals surface area contributed by atoms with E-state index in [2.05, 4.69) is 10.6 Å². The van der Waals surface area contributed by atoms with Gasteiger partial charge in [-0.3, -0.25) is 9.59 Å². The summed E-state index contributed by atoms with van der Waals surface area (Å²) in [6.45, 7) is 3.58. The Morgan fingerprint density at radius 1 is 1.00 bits per heavy atom. The van der Waals surface area contributed by atoms with Gasteiger partial charge in [-0.2, -0.15) is 4.31 Å². The third kappa shape index (κ3) is 5.02. The minimum absolute atomic E-state index is 0.129. The molecule has 0 aliphatic heterocycles. The van der Waals surface area contributed by atoms with Crippen LogP contribution in [-0.4, -0.2) is 43.7 Å². The maximum atomic E-state index is 12.5. The summed E-state index contributed by atoms with van der Waals surface area (Å²) >= 11 is 0. The first-order valence-electron chi connectivity index (χ1n) is 9.49. The standard InChI is InChI=1S/C21H25N3O4S/c1-14(2)24(3)29(27,28)19-11-7-15(8-12-19)20(25)23-18-6-4-5-16(13-18)21(26)22-17-9-10-17/h4-8,11-14,17H,9-10H2,1-3H3,(H,22,26)(H,23,25). The highest BCUT2D eigenvalue weighted by atomic mass is 32.2. The summed E-state index contributed by atoms with van der Waals surface area (Å²) < 4.78 is 26.3. The van der Waals surface area contributed by atoms with Gasteiger partial charge in [0.2, 0.25) is 10.0 Å². The van der Waals surface area contributed by atoms with Gasteiger partial charge in [0.25, 0.3) is 11.8 Å². The molecule has 1 fully saturated rings. The van der Waals surface area contributed by atoms with Crippen molar-refractivity contribution in [3.8, 4) is 0 Å². The SMILES string of the molecule is CC(C)N(C)S(=O)(=O)c1ccc(C(=O)Nc2cccc(C(=O)NC3CC3)c2)cc1. The van der Waals surface area contributed by atoms with Gasteiger partial charge in [-0.1, -0.05) is 6.07 Å². The van der Waals surface area contributed by atoms with Crippen LogP contribution in [0.5, 0.6) is 0 Å². The highest BCUT2D eigenvalue weighted by Gasteiger charge is 2.24. The average Bonchev–Trinajstić information content (AvgIpc) is 3.51. The summed E-state index contributed by atoms with van der Waals surface area (Å²) in [6.07, 6.45) is 2.00. The summed E-state index contributed by atoms with van der Waals surface area (Å²) in [6, 6.07) is 12.6. The van der Waals surface area contributed by atoms with Crippen molar-refractivity contribution in [2.75, 3.05) is 12.4 Å². The third-order valence-corrected chi connectivity index (χ3v) is 6.86. The van der Waals surface area contributed by atoms with Gasteiger partial charge in [-0.25, -0.2) is 8.42 Å². The van der Waals surface area contributed by atoms with Crippen LogP contribution in [0.4, 0.5) is 5.69 Å². The highest BCUT2D eigenvalue weighted by Crippen LogP contribution is 2.21. The number of carbonyl (C=O) groups is 2. The van der Waals surface area contributed by atoms with E-state index in [4.69, 9.17) is 0 Å². The molecule has 0 heterocycles. The lowest BCUT2D eigenvalue weighted by Gasteiger charge is -2.21. The van der Waals surface area contributed by atoms with Gasteiger partial charge in [-0.05, 0) is 69.2 Å². The van der Waals surface area contributed by atoms with Gasteiger partial charge in [-0.15, -0.1) is 0 Å². The number of anilines is 1. The van der Waals surface area contributed by atoms with Crippen molar-refractivity contribution in [3.63, 3.8) is 0 Å². The zero-order valence-electron chi connectivity index (χ0n) is 16.7. The van der Waals surface area contributed by atoms with Crippen LogP contribution in [0.1, 0.15) is 47.4 Å². The molecule has 7 nitrogen and oxygen atoms in total. The Hall–Kier alpha value is -2.71. The lowest BCUT2D eigenvalue weighted by Crippen LogP contribution is -2.33. The van der Waals surface area contributed by atoms with Gasteiger partial charge >= 0.3 is 0 Å². The molecular weight excluding hydrogens is 390 g/mol. The molecule has 29 heavy (non-hydrogen) atoms. The zero-order chi connectivity index (χ0) is 21.2. The van der Waals surface area contributed by atoms with E-state index in [0.29, 0.717) is 16.8 Å². The van der Waals surface area contributed by atoms with Crippen LogP contribution < -0.4 is 10.6 Å². The molecule has 154 valence electrons. The fourth-order valence-electron chi connectivity index (χ4n) is 2.66. The molecular formula is C21H25N3O4S. The molecule has 0 bridgehead atoms. The number of hydrogen-bond acceptors (Lipinski definition) is 4. The number of nitrogens with zero attached hydrogens (tertiary/aromatic N) is 1. The van der Waals surface area contributed by atoms with Crippen LogP contribution in [0, 0.1) is 0 Å². The van der Waals surface area contributed by atoms with Crippen molar-refractivity contribution in [2.45, 2.75) is 43.7 Å². The molecule has 0 radical (unpaired) electrons. The van der Waals surface area contributed by atoms with E-state index < -0.39 is 10.0 Å². The van der Waals surface area contributed by atoms with E-state index in [9.17, 15) is 18.0 Å². The van der Waals surface area contributed by atoms with Crippen molar-refractivity contribution in [1.29, 1.82) is 0 Å². The predicted molar refractivity (Wildman–Crippen MR) is 111 cm³/mol. The lowest BCUT2D eigenvalue weighted by molar-refractivity contribution is 0.0949. The van der Waals surface area contributed by atoms with Gasteiger partial charge in [0.1, 0.15) is 0 Å². The van der Waals surface area contributed by atoms with Gasteiger partial charge in [0.05, 0.1) is 4.90 Å². The Labute approximate surface area is 171 Å². The van der Waals surface area contributed by atoms with Crippen LogP contribution in [0.2, 0.25) is 0 Å². The monoisotopic (exact) mass is 415 g/mol. The van der Waals surface area contributed by atoms with Crippen LogP contribution in [-0.2, 0) is 10.0 Å². The summed E-state index contributed by atoms with van der Waals surface area (Å²) in [4.78, 5) is 24.8. The molecule has 1 aliphatic rings. The Morgan fingerprint density at radius 2 is 1.66 bits per heavy atom. The number of amides is 2. The van der Waals surface area contributed by atoms with Crippen LogP contribution in [0.25, 0.3) is 0 Å². The fourth-order valence-corrected chi connectivity index (χ4v) is 4.03. The smallest absolute Gasteiger partial charge is 0.255 e. The normalized spacial score (nSPS) is 14.1.